The number of nitrogens with zero attached hydrogens (tertiary/aromatic N) is 1. The highest BCUT2D eigenvalue weighted by atomic mass is 32.2. The average Bonchev–Trinajstić information content (AvgIpc) is 2.93. The Morgan fingerprint density at radius 2 is 1.85 bits per heavy atom. The average molecular weight is 372 g/mol. The molecule has 0 aromatic heterocycles. The van der Waals surface area contributed by atoms with Gasteiger partial charge in [0.2, 0.25) is 10.0 Å². The van der Waals surface area contributed by atoms with Crippen molar-refractivity contribution in [3.8, 4) is 0 Å². The molecule has 0 spiro atoms. The Labute approximate surface area is 155 Å². The lowest BCUT2D eigenvalue weighted by Crippen LogP contribution is -2.36. The van der Waals surface area contributed by atoms with Crippen LogP contribution in [0.15, 0.2) is 36.4 Å². The van der Waals surface area contributed by atoms with Gasteiger partial charge in [-0.25, -0.2) is 8.42 Å². The van der Waals surface area contributed by atoms with Crippen molar-refractivity contribution in [3.63, 3.8) is 0 Å². The van der Waals surface area contributed by atoms with E-state index in [0.717, 1.165) is 22.4 Å². The summed E-state index contributed by atoms with van der Waals surface area (Å²) < 4.78 is 26.2. The smallest absolute Gasteiger partial charge is 0.255 e. The van der Waals surface area contributed by atoms with Crippen molar-refractivity contribution in [2.24, 2.45) is 0 Å². The van der Waals surface area contributed by atoms with E-state index in [4.69, 9.17) is 0 Å². The molecule has 6 heteroatoms. The summed E-state index contributed by atoms with van der Waals surface area (Å²) >= 11 is 0. The maximum atomic E-state index is 12.7. The Morgan fingerprint density at radius 3 is 2.46 bits per heavy atom. The highest BCUT2D eigenvalue weighted by molar-refractivity contribution is 7.92. The Morgan fingerprint density at radius 1 is 1.19 bits per heavy atom. The molecule has 0 bridgehead atoms. The number of rotatable bonds is 4. The fourth-order valence-electron chi connectivity index (χ4n) is 3.50. The molecule has 5 nitrogen and oxygen atoms in total. The van der Waals surface area contributed by atoms with Gasteiger partial charge >= 0.3 is 0 Å². The maximum Gasteiger partial charge on any atom is 0.255 e. The molecule has 1 aliphatic rings. The number of sulfonamides is 1. The topological polar surface area (TPSA) is 66.5 Å². The molecule has 138 valence electrons. The van der Waals surface area contributed by atoms with Crippen molar-refractivity contribution in [3.05, 3.63) is 58.7 Å². The molecule has 2 aromatic carbocycles. The lowest BCUT2D eigenvalue weighted by molar-refractivity contribution is 0.102. The molecule has 0 radical (unpaired) electrons. The predicted octanol–water partition coefficient (Wildman–Crippen LogP) is 3.66. The first-order valence-electron chi connectivity index (χ1n) is 8.77. The highest BCUT2D eigenvalue weighted by Gasteiger charge is 2.34. The van der Waals surface area contributed by atoms with Crippen LogP contribution in [0.25, 0.3) is 0 Å². The van der Waals surface area contributed by atoms with Crippen molar-refractivity contribution in [2.75, 3.05) is 15.4 Å². The summed E-state index contributed by atoms with van der Waals surface area (Å²) in [7, 11) is -3.32. The number of amides is 1. The van der Waals surface area contributed by atoms with Crippen molar-refractivity contribution in [1.29, 1.82) is 0 Å². The zero-order valence-corrected chi connectivity index (χ0v) is 16.4. The number of aryl methyl sites for hydroxylation is 2. The number of nitrogens with one attached hydrogen (secondary N) is 1. The fraction of sp³-hybridized carbons (Fsp3) is 0.350. The van der Waals surface area contributed by atoms with Crippen LogP contribution in [0.3, 0.4) is 0 Å². The molecule has 0 aliphatic carbocycles. The van der Waals surface area contributed by atoms with Crippen molar-refractivity contribution < 1.29 is 13.2 Å². The zero-order valence-electron chi connectivity index (χ0n) is 15.5. The predicted molar refractivity (Wildman–Crippen MR) is 105 cm³/mol. The molecule has 0 unspecified atom stereocenters. The summed E-state index contributed by atoms with van der Waals surface area (Å²) in [6.07, 6.45) is 0.610. The van der Waals surface area contributed by atoms with E-state index in [9.17, 15) is 13.2 Å². The zero-order chi connectivity index (χ0) is 19.1. The largest absolute Gasteiger partial charge is 0.322 e. The molecule has 3 rings (SSSR count). The van der Waals surface area contributed by atoms with Gasteiger partial charge in [-0.05, 0) is 69.0 Å². The minimum Gasteiger partial charge on any atom is -0.322 e. The third-order valence-electron chi connectivity index (χ3n) is 4.88. The Hall–Kier alpha value is -2.34. The molecule has 26 heavy (non-hydrogen) atoms. The van der Waals surface area contributed by atoms with Crippen LogP contribution < -0.4 is 9.62 Å². The van der Waals surface area contributed by atoms with Gasteiger partial charge in [-0.1, -0.05) is 18.2 Å². The van der Waals surface area contributed by atoms with Crippen molar-refractivity contribution in [2.45, 2.75) is 40.2 Å². The molecule has 1 amide bonds. The fourth-order valence-corrected chi connectivity index (χ4v) is 4.88. The summed E-state index contributed by atoms with van der Waals surface area (Å²) in [6.45, 7) is 7.46. The first-order valence-corrected chi connectivity index (χ1v) is 10.4. The summed E-state index contributed by atoms with van der Waals surface area (Å²) in [5.74, 6) is -0.124. The van der Waals surface area contributed by atoms with Crippen molar-refractivity contribution in [1.82, 2.24) is 0 Å². The summed E-state index contributed by atoms with van der Waals surface area (Å²) in [4.78, 5) is 12.7. The Balaban J connectivity index is 1.91. The van der Waals surface area contributed by atoms with Crippen molar-refractivity contribution >= 4 is 27.3 Å². The molecule has 1 aliphatic heterocycles. The third kappa shape index (κ3) is 3.21. The highest BCUT2D eigenvalue weighted by Crippen LogP contribution is 2.35. The van der Waals surface area contributed by atoms with E-state index in [0.29, 0.717) is 17.7 Å². The minimum atomic E-state index is -3.32. The number of para-hydroxylation sites is 1. The second-order valence-electron chi connectivity index (χ2n) is 6.81. The number of anilines is 2. The summed E-state index contributed by atoms with van der Waals surface area (Å²) in [6, 6.07) is 11.0. The van der Waals surface area contributed by atoms with Gasteiger partial charge < -0.3 is 5.32 Å². The van der Waals surface area contributed by atoms with Crippen LogP contribution in [-0.4, -0.2) is 26.1 Å². The van der Waals surface area contributed by atoms with E-state index in [1.54, 1.807) is 25.1 Å². The SMILES string of the molecule is CCS(=O)(=O)N1c2ccc(C(=O)Nc3c(C)cccc3C)cc2C[C@H]1C. The first kappa shape index (κ1) is 18.5. The van der Waals surface area contributed by atoms with E-state index < -0.39 is 10.0 Å². The van der Waals surface area contributed by atoms with Crippen LogP contribution in [0.2, 0.25) is 0 Å². The number of carbonyl (C=O) groups excluding carboxylic acids is 1. The van der Waals surface area contributed by atoms with E-state index in [1.165, 1.54) is 4.31 Å². The number of hydrogen-bond acceptors (Lipinski definition) is 3. The molecule has 2 aromatic rings. The molecule has 0 fully saturated rings. The Kier molecular flexibility index (Phi) is 4.80. The minimum absolute atomic E-state index is 0.0611. The number of carbonyl (C=O) groups is 1. The van der Waals surface area contributed by atoms with E-state index in [1.807, 2.05) is 39.0 Å². The summed E-state index contributed by atoms with van der Waals surface area (Å²) in [5.41, 5.74) is 4.95. The molecule has 1 atom stereocenters. The number of fused-ring (bicyclic) bond motifs is 1. The van der Waals surface area contributed by atoms with Gasteiger partial charge in [0, 0.05) is 17.3 Å². The second-order valence-corrected chi connectivity index (χ2v) is 8.95. The lowest BCUT2D eigenvalue weighted by Gasteiger charge is -2.23. The van der Waals surface area contributed by atoms with E-state index in [-0.39, 0.29) is 17.7 Å². The third-order valence-corrected chi connectivity index (χ3v) is 6.76. The molecule has 1 heterocycles. The molecule has 1 N–H and O–H groups in total. The monoisotopic (exact) mass is 372 g/mol. The molecular weight excluding hydrogens is 348 g/mol. The van der Waals surface area contributed by atoms with Crippen LogP contribution in [0, 0.1) is 13.8 Å². The van der Waals surface area contributed by atoms with Crippen LogP contribution in [0.1, 0.15) is 40.9 Å². The van der Waals surface area contributed by atoms with Crippen LogP contribution in [-0.2, 0) is 16.4 Å². The summed E-state index contributed by atoms with van der Waals surface area (Å²) in [5, 5.41) is 2.98. The number of benzene rings is 2. The van der Waals surface area contributed by atoms with Gasteiger partial charge in [-0.3, -0.25) is 9.10 Å². The van der Waals surface area contributed by atoms with Gasteiger partial charge in [0.15, 0.2) is 0 Å². The van der Waals surface area contributed by atoms with E-state index in [2.05, 4.69) is 5.32 Å². The maximum absolute atomic E-state index is 12.7. The van der Waals surface area contributed by atoms with E-state index >= 15 is 0 Å². The standard InChI is InChI=1S/C20H24N2O3S/c1-5-26(24,25)22-15(4)11-17-12-16(9-10-18(17)22)20(23)21-19-13(2)7-6-8-14(19)3/h6-10,12,15H,5,11H2,1-4H3,(H,21,23)/t15-/m1/s1. The molecule has 0 saturated heterocycles. The van der Waals surface area contributed by atoms with Gasteiger partial charge in [-0.15, -0.1) is 0 Å². The number of hydrogen-bond donors (Lipinski definition) is 1. The van der Waals surface area contributed by atoms with Gasteiger partial charge in [0.25, 0.3) is 5.91 Å². The normalized spacial score (nSPS) is 16.5. The van der Waals surface area contributed by atoms with Crippen LogP contribution in [0.5, 0.6) is 0 Å². The van der Waals surface area contributed by atoms with Gasteiger partial charge in [-0.2, -0.15) is 0 Å². The Bertz CT molecular complexity index is 947. The van der Waals surface area contributed by atoms with Crippen LogP contribution in [0.4, 0.5) is 11.4 Å². The molecular formula is C20H24N2O3S. The molecule has 0 saturated carbocycles. The quantitative estimate of drug-likeness (QED) is 0.891. The second kappa shape index (κ2) is 6.76. The van der Waals surface area contributed by atoms with Crippen LogP contribution >= 0.6 is 0 Å². The first-order chi connectivity index (χ1) is 12.2. The van der Waals surface area contributed by atoms with Gasteiger partial charge in [0.05, 0.1) is 11.4 Å². The van der Waals surface area contributed by atoms with Gasteiger partial charge in [0.1, 0.15) is 0 Å². The lowest BCUT2D eigenvalue weighted by atomic mass is 10.1.